The summed E-state index contributed by atoms with van der Waals surface area (Å²) in [5.74, 6) is -1.70. The zero-order valence-corrected chi connectivity index (χ0v) is 9.07. The summed E-state index contributed by atoms with van der Waals surface area (Å²) < 4.78 is 37.0. The van der Waals surface area contributed by atoms with E-state index in [0.717, 1.165) is 12.1 Å². The van der Waals surface area contributed by atoms with Gasteiger partial charge in [0.05, 0.1) is 11.0 Å². The minimum absolute atomic E-state index is 0.509. The maximum Gasteiger partial charge on any atom is 0.293 e. The van der Waals surface area contributed by atoms with Crippen LogP contribution in [0.5, 0.6) is 0 Å². The molecule has 9 heteroatoms. The first-order chi connectivity index (χ1) is 7.85. The van der Waals surface area contributed by atoms with Gasteiger partial charge in [0.15, 0.2) is 5.75 Å². The lowest BCUT2D eigenvalue weighted by molar-refractivity contribution is -0.383. The van der Waals surface area contributed by atoms with Gasteiger partial charge in [-0.15, -0.1) is 0 Å². The first kappa shape index (κ1) is 12.9. The Balaban J connectivity index is 3.18. The first-order valence-electron chi connectivity index (χ1n) is 4.17. The number of hydrogen-bond donors (Lipinski definition) is 1. The smallest absolute Gasteiger partial charge is 0.276 e. The van der Waals surface area contributed by atoms with E-state index >= 15 is 0 Å². The fourth-order valence-electron chi connectivity index (χ4n) is 1.04. The van der Waals surface area contributed by atoms with E-state index in [1.165, 1.54) is 6.07 Å². The predicted molar refractivity (Wildman–Crippen MR) is 56.1 cm³/mol. The van der Waals surface area contributed by atoms with E-state index in [9.17, 15) is 22.9 Å². The van der Waals surface area contributed by atoms with E-state index in [-0.39, 0.29) is 0 Å². The summed E-state index contributed by atoms with van der Waals surface area (Å²) in [6, 6.07) is 3.72. The number of nitrogens with one attached hydrogen (secondary N) is 1. The highest BCUT2D eigenvalue weighted by molar-refractivity contribution is 7.92. The van der Waals surface area contributed by atoms with Gasteiger partial charge >= 0.3 is 0 Å². The second kappa shape index (κ2) is 4.75. The molecule has 1 rings (SSSR count). The summed E-state index contributed by atoms with van der Waals surface area (Å²) in [6.45, 7) is 0. The third-order valence-corrected chi connectivity index (χ3v) is 2.72. The van der Waals surface area contributed by atoms with Crippen LogP contribution in [0, 0.1) is 27.3 Å². The van der Waals surface area contributed by atoms with Crippen molar-refractivity contribution in [2.45, 2.75) is 0 Å². The SMILES string of the molecule is N#CCS(=O)(=O)Nc1cc(F)ccc1[N+](=O)[O-]. The summed E-state index contributed by atoms with van der Waals surface area (Å²) in [5, 5.41) is 18.8. The number of benzene rings is 1. The molecule has 0 aliphatic carbocycles. The van der Waals surface area contributed by atoms with Crippen molar-refractivity contribution >= 4 is 21.4 Å². The van der Waals surface area contributed by atoms with E-state index < -0.39 is 37.9 Å². The number of nitro groups is 1. The van der Waals surface area contributed by atoms with Crippen molar-refractivity contribution in [1.29, 1.82) is 5.26 Å². The topological polar surface area (TPSA) is 113 Å². The second-order valence-electron chi connectivity index (χ2n) is 2.94. The molecule has 90 valence electrons. The molecule has 0 amide bonds. The number of halogens is 1. The van der Waals surface area contributed by atoms with Crippen LogP contribution in [0.2, 0.25) is 0 Å². The molecule has 1 aromatic rings. The number of hydrogen-bond acceptors (Lipinski definition) is 5. The van der Waals surface area contributed by atoms with Crippen molar-refractivity contribution in [2.75, 3.05) is 10.5 Å². The molecule has 0 saturated carbocycles. The monoisotopic (exact) mass is 259 g/mol. The largest absolute Gasteiger partial charge is 0.293 e. The van der Waals surface area contributed by atoms with Crippen LogP contribution in [-0.4, -0.2) is 19.1 Å². The third-order valence-electron chi connectivity index (χ3n) is 1.68. The zero-order valence-electron chi connectivity index (χ0n) is 8.25. The quantitative estimate of drug-likeness (QED) is 0.640. The van der Waals surface area contributed by atoms with E-state index in [1.54, 1.807) is 4.72 Å². The van der Waals surface area contributed by atoms with Gasteiger partial charge in [-0.3, -0.25) is 14.8 Å². The number of nitrogens with zero attached hydrogens (tertiary/aromatic N) is 2. The normalized spacial score (nSPS) is 10.6. The number of nitro benzene ring substituents is 1. The third kappa shape index (κ3) is 3.39. The highest BCUT2D eigenvalue weighted by Crippen LogP contribution is 2.25. The Labute approximate surface area is 95.7 Å². The molecule has 0 unspecified atom stereocenters. The van der Waals surface area contributed by atoms with E-state index in [0.29, 0.717) is 6.07 Å². The number of sulfonamides is 1. The van der Waals surface area contributed by atoms with Crippen LogP contribution in [-0.2, 0) is 10.0 Å². The predicted octanol–water partition coefficient (Wildman–Crippen LogP) is 0.999. The first-order valence-corrected chi connectivity index (χ1v) is 5.82. The summed E-state index contributed by atoms with van der Waals surface area (Å²) in [5.41, 5.74) is -1.10. The average Bonchev–Trinajstić information content (AvgIpc) is 2.15. The minimum Gasteiger partial charge on any atom is -0.276 e. The molecule has 1 N–H and O–H groups in total. The van der Waals surface area contributed by atoms with Gasteiger partial charge in [-0.05, 0) is 6.07 Å². The molecule has 7 nitrogen and oxygen atoms in total. The highest BCUT2D eigenvalue weighted by atomic mass is 32.2. The molecule has 0 heterocycles. The van der Waals surface area contributed by atoms with Crippen LogP contribution in [0.4, 0.5) is 15.8 Å². The standard InChI is InChI=1S/C8H6FN3O4S/c9-6-1-2-8(12(13)14)7(5-6)11-17(15,16)4-3-10/h1-2,5,11H,4H2. The van der Waals surface area contributed by atoms with Crippen molar-refractivity contribution < 1.29 is 17.7 Å². The lowest BCUT2D eigenvalue weighted by Crippen LogP contribution is -2.16. The minimum atomic E-state index is -4.04. The number of nitriles is 1. The Kier molecular flexibility index (Phi) is 3.59. The van der Waals surface area contributed by atoms with Crippen molar-refractivity contribution in [3.8, 4) is 6.07 Å². The maximum atomic E-state index is 12.8. The van der Waals surface area contributed by atoms with Crippen LogP contribution in [0.25, 0.3) is 0 Å². The van der Waals surface area contributed by atoms with E-state index in [2.05, 4.69) is 0 Å². The van der Waals surface area contributed by atoms with Crippen LogP contribution < -0.4 is 4.72 Å². The van der Waals surface area contributed by atoms with Gasteiger partial charge in [0.1, 0.15) is 11.5 Å². The Bertz CT molecular complexity index is 593. The molecule has 0 fully saturated rings. The lowest BCUT2D eigenvalue weighted by atomic mass is 10.3. The molecule has 0 saturated heterocycles. The highest BCUT2D eigenvalue weighted by Gasteiger charge is 2.19. The molecule has 0 aromatic heterocycles. The molecular weight excluding hydrogens is 253 g/mol. The molecule has 0 bridgehead atoms. The van der Waals surface area contributed by atoms with Gasteiger partial charge in [-0.1, -0.05) is 0 Å². The van der Waals surface area contributed by atoms with Gasteiger partial charge in [-0.25, -0.2) is 12.8 Å². The van der Waals surface area contributed by atoms with Gasteiger partial charge in [0.2, 0.25) is 10.0 Å². The van der Waals surface area contributed by atoms with Crippen LogP contribution in [0.1, 0.15) is 0 Å². The summed E-state index contributed by atoms with van der Waals surface area (Å²) in [6.07, 6.45) is 0. The number of rotatable bonds is 4. The molecule has 0 spiro atoms. The van der Waals surface area contributed by atoms with Crippen LogP contribution in [0.15, 0.2) is 18.2 Å². The molecule has 17 heavy (non-hydrogen) atoms. The molecule has 0 aliphatic heterocycles. The Morgan fingerprint density at radius 1 is 1.53 bits per heavy atom. The van der Waals surface area contributed by atoms with Crippen molar-refractivity contribution in [1.82, 2.24) is 0 Å². The Morgan fingerprint density at radius 2 is 2.18 bits per heavy atom. The Hall–Kier alpha value is -2.21. The maximum absolute atomic E-state index is 12.8. The van der Waals surface area contributed by atoms with Gasteiger partial charge in [0, 0.05) is 12.1 Å². The summed E-state index contributed by atoms with van der Waals surface area (Å²) in [7, 11) is -4.04. The van der Waals surface area contributed by atoms with Crippen molar-refractivity contribution in [2.24, 2.45) is 0 Å². The fourth-order valence-corrected chi connectivity index (χ4v) is 1.78. The van der Waals surface area contributed by atoms with E-state index in [1.807, 2.05) is 0 Å². The molecule has 0 aliphatic rings. The molecule has 0 radical (unpaired) electrons. The fraction of sp³-hybridized carbons (Fsp3) is 0.125. The van der Waals surface area contributed by atoms with Crippen molar-refractivity contribution in [3.63, 3.8) is 0 Å². The summed E-state index contributed by atoms with van der Waals surface area (Å²) >= 11 is 0. The van der Waals surface area contributed by atoms with Crippen LogP contribution in [0.3, 0.4) is 0 Å². The molecule has 0 atom stereocenters. The van der Waals surface area contributed by atoms with Crippen molar-refractivity contribution in [3.05, 3.63) is 34.1 Å². The van der Waals surface area contributed by atoms with Gasteiger partial charge < -0.3 is 0 Å². The van der Waals surface area contributed by atoms with Gasteiger partial charge in [0.25, 0.3) is 5.69 Å². The van der Waals surface area contributed by atoms with Gasteiger partial charge in [-0.2, -0.15) is 5.26 Å². The second-order valence-corrected chi connectivity index (χ2v) is 4.66. The zero-order chi connectivity index (χ0) is 13.1. The molecular formula is C8H6FN3O4S. The van der Waals surface area contributed by atoms with Crippen LogP contribution >= 0.6 is 0 Å². The lowest BCUT2D eigenvalue weighted by Gasteiger charge is -2.05. The summed E-state index contributed by atoms with van der Waals surface area (Å²) in [4.78, 5) is 9.70. The Morgan fingerprint density at radius 3 is 2.71 bits per heavy atom. The van der Waals surface area contributed by atoms with E-state index in [4.69, 9.17) is 5.26 Å². The number of anilines is 1. The molecule has 1 aromatic carbocycles. The average molecular weight is 259 g/mol.